The number of rotatable bonds is 2. The van der Waals surface area contributed by atoms with Crippen molar-refractivity contribution in [2.24, 2.45) is 5.92 Å². The normalized spacial score (nSPS) is 17.2. The molecule has 17 heavy (non-hydrogen) atoms. The van der Waals surface area contributed by atoms with Crippen molar-refractivity contribution in [1.82, 2.24) is 4.90 Å². The molecule has 1 aromatic carbocycles. The van der Waals surface area contributed by atoms with Gasteiger partial charge in [-0.05, 0) is 42.9 Å². The van der Waals surface area contributed by atoms with Crippen LogP contribution in [0.5, 0.6) is 0 Å². The minimum atomic E-state index is -0.163. The van der Waals surface area contributed by atoms with E-state index >= 15 is 0 Å². The Balaban J connectivity index is 1.88. The first-order chi connectivity index (χ1) is 8.15. The van der Waals surface area contributed by atoms with Gasteiger partial charge in [-0.3, -0.25) is 4.79 Å². The van der Waals surface area contributed by atoms with Crippen LogP contribution in [0, 0.1) is 11.7 Å². The summed E-state index contributed by atoms with van der Waals surface area (Å²) in [6.45, 7) is 3.30. The number of carbonyl (C=O) groups is 1. The molecule has 2 nitrogen and oxygen atoms in total. The van der Waals surface area contributed by atoms with Gasteiger partial charge in [0.25, 0.3) is 0 Å². The Morgan fingerprint density at radius 3 is 2.71 bits per heavy atom. The van der Waals surface area contributed by atoms with Crippen LogP contribution in [-0.4, -0.2) is 23.9 Å². The minimum Gasteiger partial charge on any atom is -0.343 e. The molecule has 1 heterocycles. The number of halogens is 1. The van der Waals surface area contributed by atoms with Crippen LogP contribution in [0.25, 0.3) is 0 Å². The molecule has 0 unspecified atom stereocenters. The summed E-state index contributed by atoms with van der Waals surface area (Å²) >= 11 is 0. The van der Waals surface area contributed by atoms with E-state index in [9.17, 15) is 9.18 Å². The average Bonchev–Trinajstić information content (AvgIpc) is 2.29. The molecule has 0 bridgehead atoms. The van der Waals surface area contributed by atoms with Crippen LogP contribution in [0.2, 0.25) is 0 Å². The van der Waals surface area contributed by atoms with Gasteiger partial charge in [0.05, 0.1) is 0 Å². The van der Waals surface area contributed by atoms with Gasteiger partial charge in [-0.1, -0.05) is 12.1 Å². The highest BCUT2D eigenvalue weighted by Gasteiger charge is 2.20. The number of amides is 1. The molecule has 0 aliphatic carbocycles. The lowest BCUT2D eigenvalue weighted by molar-refractivity contribution is -0.130. The first kappa shape index (κ1) is 12.1. The molecule has 1 aliphatic heterocycles. The fourth-order valence-corrected chi connectivity index (χ4v) is 2.45. The van der Waals surface area contributed by atoms with Crippen LogP contribution in [0.3, 0.4) is 0 Å². The highest BCUT2D eigenvalue weighted by atomic mass is 19.1. The van der Waals surface area contributed by atoms with E-state index in [1.807, 2.05) is 11.0 Å². The Morgan fingerprint density at radius 2 is 2.12 bits per heavy atom. The number of piperidine rings is 1. The van der Waals surface area contributed by atoms with Crippen molar-refractivity contribution < 1.29 is 9.18 Å². The number of likely N-dealkylation sites (tertiary alicyclic amines) is 1. The quantitative estimate of drug-likeness (QED) is 0.771. The van der Waals surface area contributed by atoms with E-state index in [0.29, 0.717) is 5.92 Å². The molecule has 92 valence electrons. The van der Waals surface area contributed by atoms with Gasteiger partial charge in [-0.2, -0.15) is 0 Å². The number of benzene rings is 1. The van der Waals surface area contributed by atoms with Crippen LogP contribution in [0.4, 0.5) is 4.39 Å². The van der Waals surface area contributed by atoms with Gasteiger partial charge in [0.15, 0.2) is 0 Å². The lowest BCUT2D eigenvalue weighted by atomic mass is 9.90. The second kappa shape index (κ2) is 5.30. The first-order valence-electron chi connectivity index (χ1n) is 6.15. The fraction of sp³-hybridized carbons (Fsp3) is 0.500. The molecule has 0 N–H and O–H groups in total. The van der Waals surface area contributed by atoms with Crippen LogP contribution in [0.15, 0.2) is 24.3 Å². The zero-order chi connectivity index (χ0) is 12.3. The monoisotopic (exact) mass is 235 g/mol. The molecule has 0 saturated carbocycles. The van der Waals surface area contributed by atoms with Crippen LogP contribution in [0.1, 0.15) is 25.3 Å². The fourth-order valence-electron chi connectivity index (χ4n) is 2.45. The number of hydrogen-bond donors (Lipinski definition) is 0. The molecule has 3 heteroatoms. The van der Waals surface area contributed by atoms with Gasteiger partial charge >= 0.3 is 0 Å². The summed E-state index contributed by atoms with van der Waals surface area (Å²) in [5, 5.41) is 0. The summed E-state index contributed by atoms with van der Waals surface area (Å²) in [6, 6.07) is 6.81. The number of hydrogen-bond acceptors (Lipinski definition) is 1. The molecule has 0 aromatic heterocycles. The van der Waals surface area contributed by atoms with Crippen molar-refractivity contribution in [3.8, 4) is 0 Å². The molecule has 1 fully saturated rings. The summed E-state index contributed by atoms with van der Waals surface area (Å²) in [5.74, 6) is 0.574. The topological polar surface area (TPSA) is 20.3 Å². The van der Waals surface area contributed by atoms with Gasteiger partial charge < -0.3 is 4.90 Å². The summed E-state index contributed by atoms with van der Waals surface area (Å²) in [7, 11) is 0. The summed E-state index contributed by atoms with van der Waals surface area (Å²) in [4.78, 5) is 13.1. The van der Waals surface area contributed by atoms with E-state index in [1.54, 1.807) is 19.1 Å². The summed E-state index contributed by atoms with van der Waals surface area (Å²) in [6.07, 6.45) is 2.97. The SMILES string of the molecule is CC(=O)N1CCC(Cc2cccc(F)c2)CC1. The lowest BCUT2D eigenvalue weighted by Gasteiger charge is -2.31. The second-order valence-corrected chi connectivity index (χ2v) is 4.78. The number of nitrogens with zero attached hydrogens (tertiary/aromatic N) is 1. The third-order valence-electron chi connectivity index (χ3n) is 3.47. The van der Waals surface area contributed by atoms with Gasteiger partial charge in [0.1, 0.15) is 5.82 Å². The Bertz CT molecular complexity index is 397. The maximum Gasteiger partial charge on any atom is 0.219 e. The van der Waals surface area contributed by atoms with Gasteiger partial charge in [0.2, 0.25) is 5.91 Å². The molecule has 1 aliphatic rings. The zero-order valence-corrected chi connectivity index (χ0v) is 10.2. The van der Waals surface area contributed by atoms with Crippen LogP contribution in [-0.2, 0) is 11.2 Å². The standard InChI is InChI=1S/C14H18FNO/c1-11(17)16-7-5-12(6-8-16)9-13-3-2-4-14(15)10-13/h2-4,10,12H,5-9H2,1H3. The summed E-state index contributed by atoms with van der Waals surface area (Å²) in [5.41, 5.74) is 1.06. The van der Waals surface area contributed by atoms with E-state index in [1.165, 1.54) is 6.07 Å². The van der Waals surface area contributed by atoms with Crippen molar-refractivity contribution in [3.05, 3.63) is 35.6 Å². The Labute approximate surface area is 101 Å². The summed E-state index contributed by atoms with van der Waals surface area (Å²) < 4.78 is 13.0. The molecule has 2 rings (SSSR count). The molecule has 0 atom stereocenters. The van der Waals surface area contributed by atoms with E-state index in [0.717, 1.165) is 37.9 Å². The van der Waals surface area contributed by atoms with Crippen molar-refractivity contribution in [2.45, 2.75) is 26.2 Å². The lowest BCUT2D eigenvalue weighted by Crippen LogP contribution is -2.37. The zero-order valence-electron chi connectivity index (χ0n) is 10.2. The van der Waals surface area contributed by atoms with E-state index < -0.39 is 0 Å². The second-order valence-electron chi connectivity index (χ2n) is 4.78. The largest absolute Gasteiger partial charge is 0.343 e. The van der Waals surface area contributed by atoms with Crippen molar-refractivity contribution in [2.75, 3.05) is 13.1 Å². The van der Waals surface area contributed by atoms with E-state index in [2.05, 4.69) is 0 Å². The van der Waals surface area contributed by atoms with Crippen LogP contribution < -0.4 is 0 Å². The predicted molar refractivity (Wildman–Crippen MR) is 65.1 cm³/mol. The third kappa shape index (κ3) is 3.29. The Hall–Kier alpha value is -1.38. The molecular formula is C14H18FNO. The molecule has 0 spiro atoms. The molecule has 0 radical (unpaired) electrons. The molecule has 1 aromatic rings. The van der Waals surface area contributed by atoms with Gasteiger partial charge in [-0.25, -0.2) is 4.39 Å². The molecular weight excluding hydrogens is 217 g/mol. The van der Waals surface area contributed by atoms with E-state index in [4.69, 9.17) is 0 Å². The minimum absolute atomic E-state index is 0.161. The first-order valence-corrected chi connectivity index (χ1v) is 6.15. The van der Waals surface area contributed by atoms with Crippen LogP contribution >= 0.6 is 0 Å². The van der Waals surface area contributed by atoms with Crippen molar-refractivity contribution >= 4 is 5.91 Å². The molecule has 1 saturated heterocycles. The Kier molecular flexibility index (Phi) is 3.77. The average molecular weight is 235 g/mol. The highest BCUT2D eigenvalue weighted by Crippen LogP contribution is 2.21. The molecule has 1 amide bonds. The smallest absolute Gasteiger partial charge is 0.219 e. The predicted octanol–water partition coefficient (Wildman–Crippen LogP) is 2.63. The van der Waals surface area contributed by atoms with E-state index in [-0.39, 0.29) is 11.7 Å². The van der Waals surface area contributed by atoms with Crippen molar-refractivity contribution in [3.63, 3.8) is 0 Å². The highest BCUT2D eigenvalue weighted by molar-refractivity contribution is 5.73. The maximum absolute atomic E-state index is 13.0. The van der Waals surface area contributed by atoms with Gasteiger partial charge in [-0.15, -0.1) is 0 Å². The van der Waals surface area contributed by atoms with Gasteiger partial charge in [0, 0.05) is 20.0 Å². The maximum atomic E-state index is 13.0. The van der Waals surface area contributed by atoms with Crippen molar-refractivity contribution in [1.29, 1.82) is 0 Å². The number of carbonyl (C=O) groups excluding carboxylic acids is 1. The third-order valence-corrected chi connectivity index (χ3v) is 3.47. The Morgan fingerprint density at radius 1 is 1.41 bits per heavy atom.